The van der Waals surface area contributed by atoms with E-state index in [9.17, 15) is 18.0 Å². The Hall–Kier alpha value is -2.74. The maximum atomic E-state index is 13.1. The number of hydrogen-bond donors (Lipinski definition) is 1. The molecule has 0 unspecified atom stereocenters. The van der Waals surface area contributed by atoms with Crippen molar-refractivity contribution in [1.29, 1.82) is 0 Å². The van der Waals surface area contributed by atoms with Crippen molar-refractivity contribution in [3.63, 3.8) is 0 Å². The van der Waals surface area contributed by atoms with Crippen molar-refractivity contribution < 1.29 is 22.7 Å². The molecule has 0 spiro atoms. The molecule has 0 radical (unpaired) electrons. The number of nitrogens with zero attached hydrogens (tertiary/aromatic N) is 2. The van der Waals surface area contributed by atoms with Crippen LogP contribution in [0.4, 0.5) is 24.5 Å². The second kappa shape index (κ2) is 8.52. The fraction of sp³-hybridized carbons (Fsp3) is 0.350. The number of para-hydroxylation sites is 1. The van der Waals surface area contributed by atoms with Gasteiger partial charge < -0.3 is 19.9 Å². The number of nitrogens with one attached hydrogen (secondary N) is 1. The zero-order valence-corrected chi connectivity index (χ0v) is 15.5. The highest BCUT2D eigenvalue weighted by Gasteiger charge is 2.32. The Labute approximate surface area is 161 Å². The summed E-state index contributed by atoms with van der Waals surface area (Å²) in [6.45, 7) is 2.65. The fourth-order valence-electron chi connectivity index (χ4n) is 2.99. The molecule has 1 fully saturated rings. The number of anilines is 2. The first-order chi connectivity index (χ1) is 13.3. The van der Waals surface area contributed by atoms with E-state index in [1.165, 1.54) is 6.07 Å². The lowest BCUT2D eigenvalue weighted by atomic mass is 10.1. The molecular formula is C20H22F3N3O2. The molecule has 5 nitrogen and oxygen atoms in total. The minimum atomic E-state index is -4.49. The maximum Gasteiger partial charge on any atom is 0.416 e. The van der Waals surface area contributed by atoms with Crippen LogP contribution in [0.3, 0.4) is 0 Å². The number of carbonyl (C=O) groups excluding carboxylic acids is 1. The van der Waals surface area contributed by atoms with Crippen molar-refractivity contribution in [2.45, 2.75) is 6.18 Å². The van der Waals surface area contributed by atoms with Crippen LogP contribution in [-0.2, 0) is 11.0 Å². The number of amides is 1. The molecule has 1 heterocycles. The van der Waals surface area contributed by atoms with Gasteiger partial charge in [-0.15, -0.1) is 0 Å². The third-order valence-electron chi connectivity index (χ3n) is 4.56. The summed E-state index contributed by atoms with van der Waals surface area (Å²) in [6, 6.07) is 12.2. The highest BCUT2D eigenvalue weighted by Crippen LogP contribution is 2.35. The third kappa shape index (κ3) is 5.16. The minimum absolute atomic E-state index is 0.140. The van der Waals surface area contributed by atoms with Crippen molar-refractivity contribution in [1.82, 2.24) is 4.90 Å². The molecule has 2 aromatic carbocycles. The molecule has 28 heavy (non-hydrogen) atoms. The SMILES string of the molecule is CN1CCN(c2ccc(C(F)(F)F)cc2NC(=O)COc2ccccc2)CC1. The van der Waals surface area contributed by atoms with E-state index in [-0.39, 0.29) is 12.3 Å². The summed E-state index contributed by atoms with van der Waals surface area (Å²) < 4.78 is 44.8. The summed E-state index contributed by atoms with van der Waals surface area (Å²) in [5.41, 5.74) is -0.0835. The van der Waals surface area contributed by atoms with E-state index in [2.05, 4.69) is 10.2 Å². The molecule has 0 aromatic heterocycles. The first kappa shape index (κ1) is 20.0. The number of likely N-dealkylation sites (N-methyl/N-ethyl adjacent to an activating group) is 1. The molecule has 0 aliphatic carbocycles. The second-order valence-electron chi connectivity index (χ2n) is 6.67. The average molecular weight is 393 g/mol. The number of ether oxygens (including phenoxy) is 1. The summed E-state index contributed by atoms with van der Waals surface area (Å²) in [5, 5.41) is 2.58. The summed E-state index contributed by atoms with van der Waals surface area (Å²) in [6.07, 6.45) is -4.49. The van der Waals surface area contributed by atoms with Crippen LogP contribution in [-0.4, -0.2) is 50.6 Å². The van der Waals surface area contributed by atoms with Crippen molar-refractivity contribution >= 4 is 17.3 Å². The number of piperazine rings is 1. The van der Waals surface area contributed by atoms with Crippen molar-refractivity contribution in [3.8, 4) is 5.75 Å². The maximum absolute atomic E-state index is 13.1. The topological polar surface area (TPSA) is 44.8 Å². The average Bonchev–Trinajstić information content (AvgIpc) is 2.67. The Morgan fingerprint density at radius 2 is 1.75 bits per heavy atom. The Morgan fingerprint density at radius 1 is 1.07 bits per heavy atom. The van der Waals surface area contributed by atoms with E-state index >= 15 is 0 Å². The number of rotatable bonds is 5. The smallest absolute Gasteiger partial charge is 0.416 e. The molecule has 1 aliphatic heterocycles. The number of halogens is 3. The first-order valence-electron chi connectivity index (χ1n) is 8.95. The molecule has 1 saturated heterocycles. The standard InChI is InChI=1S/C20H22F3N3O2/c1-25-9-11-26(12-10-25)18-8-7-15(20(21,22)23)13-17(18)24-19(27)14-28-16-5-3-2-4-6-16/h2-8,13H,9-12,14H2,1H3,(H,24,27). The first-order valence-corrected chi connectivity index (χ1v) is 8.95. The monoisotopic (exact) mass is 393 g/mol. The Morgan fingerprint density at radius 3 is 2.39 bits per heavy atom. The van der Waals surface area contributed by atoms with Crippen molar-refractivity contribution in [2.75, 3.05) is 50.1 Å². The van der Waals surface area contributed by atoms with Gasteiger partial charge in [0, 0.05) is 26.2 Å². The Balaban J connectivity index is 1.76. The molecule has 3 rings (SSSR count). The molecule has 150 valence electrons. The van der Waals surface area contributed by atoms with Crippen LogP contribution in [0, 0.1) is 0 Å². The van der Waals surface area contributed by atoms with Gasteiger partial charge in [-0.1, -0.05) is 18.2 Å². The van der Waals surface area contributed by atoms with Crippen molar-refractivity contribution in [2.24, 2.45) is 0 Å². The summed E-state index contributed by atoms with van der Waals surface area (Å²) >= 11 is 0. The van der Waals surface area contributed by atoms with E-state index in [4.69, 9.17) is 4.74 Å². The molecule has 1 aliphatic rings. The fourth-order valence-corrected chi connectivity index (χ4v) is 2.99. The normalized spacial score (nSPS) is 15.4. The van der Waals surface area contributed by atoms with E-state index in [1.54, 1.807) is 24.3 Å². The lowest BCUT2D eigenvalue weighted by Gasteiger charge is -2.35. The third-order valence-corrected chi connectivity index (χ3v) is 4.56. The van der Waals surface area contributed by atoms with Crippen LogP contribution in [0.1, 0.15) is 5.56 Å². The number of benzene rings is 2. The summed E-state index contributed by atoms with van der Waals surface area (Å²) in [7, 11) is 1.99. The largest absolute Gasteiger partial charge is 0.484 e. The van der Waals surface area contributed by atoms with Gasteiger partial charge in [0.05, 0.1) is 16.9 Å². The number of alkyl halides is 3. The van der Waals surface area contributed by atoms with Gasteiger partial charge in [-0.25, -0.2) is 0 Å². The van der Waals surface area contributed by atoms with E-state index < -0.39 is 17.6 Å². The van der Waals surface area contributed by atoms with Crippen LogP contribution in [0.15, 0.2) is 48.5 Å². The summed E-state index contributed by atoms with van der Waals surface area (Å²) in [5.74, 6) is -0.000427. The molecule has 2 aromatic rings. The van der Waals surface area contributed by atoms with Gasteiger partial charge in [0.2, 0.25) is 0 Å². The molecule has 1 N–H and O–H groups in total. The predicted molar refractivity (Wildman–Crippen MR) is 102 cm³/mol. The lowest BCUT2D eigenvalue weighted by molar-refractivity contribution is -0.137. The van der Waals surface area contributed by atoms with E-state index in [0.29, 0.717) is 24.5 Å². The summed E-state index contributed by atoms with van der Waals surface area (Å²) in [4.78, 5) is 16.4. The quantitative estimate of drug-likeness (QED) is 0.845. The van der Waals surface area contributed by atoms with Crippen LogP contribution < -0.4 is 15.0 Å². The van der Waals surface area contributed by atoms with Gasteiger partial charge in [0.25, 0.3) is 5.91 Å². The van der Waals surface area contributed by atoms with Crippen molar-refractivity contribution in [3.05, 3.63) is 54.1 Å². The van der Waals surface area contributed by atoms with Crippen LogP contribution in [0.25, 0.3) is 0 Å². The molecule has 1 amide bonds. The van der Waals surface area contributed by atoms with Gasteiger partial charge >= 0.3 is 6.18 Å². The van der Waals surface area contributed by atoms with Crippen LogP contribution >= 0.6 is 0 Å². The number of hydrogen-bond acceptors (Lipinski definition) is 4. The molecule has 0 saturated carbocycles. The minimum Gasteiger partial charge on any atom is -0.484 e. The van der Waals surface area contributed by atoms with Gasteiger partial charge in [-0.05, 0) is 37.4 Å². The zero-order valence-electron chi connectivity index (χ0n) is 15.5. The Bertz CT molecular complexity index is 804. The van der Waals surface area contributed by atoms with E-state index in [0.717, 1.165) is 25.2 Å². The zero-order chi connectivity index (χ0) is 20.1. The Kier molecular flexibility index (Phi) is 6.08. The van der Waals surface area contributed by atoms with Gasteiger partial charge in [0.1, 0.15) is 5.75 Å². The van der Waals surface area contributed by atoms with Gasteiger partial charge in [0.15, 0.2) is 6.61 Å². The van der Waals surface area contributed by atoms with Crippen LogP contribution in [0.2, 0.25) is 0 Å². The van der Waals surface area contributed by atoms with E-state index in [1.807, 2.05) is 18.0 Å². The van der Waals surface area contributed by atoms with Crippen LogP contribution in [0.5, 0.6) is 5.75 Å². The highest BCUT2D eigenvalue weighted by atomic mass is 19.4. The molecule has 0 atom stereocenters. The lowest BCUT2D eigenvalue weighted by Crippen LogP contribution is -2.44. The number of carbonyl (C=O) groups is 1. The molecular weight excluding hydrogens is 371 g/mol. The molecule has 8 heteroatoms. The predicted octanol–water partition coefficient (Wildman–Crippen LogP) is 3.47. The molecule has 0 bridgehead atoms. The highest BCUT2D eigenvalue weighted by molar-refractivity contribution is 5.95. The van der Waals surface area contributed by atoms with Gasteiger partial charge in [-0.2, -0.15) is 13.2 Å². The second-order valence-corrected chi connectivity index (χ2v) is 6.67. The van der Waals surface area contributed by atoms with Gasteiger partial charge in [-0.3, -0.25) is 4.79 Å².